The molecule has 1 fully saturated rings. The van der Waals surface area contributed by atoms with Crippen LogP contribution in [0.3, 0.4) is 0 Å². The monoisotopic (exact) mass is 311 g/mol. The second-order valence-electron chi connectivity index (χ2n) is 4.88. The van der Waals surface area contributed by atoms with Gasteiger partial charge in [-0.05, 0) is 30.7 Å². The number of hydrogen-bond acceptors (Lipinski definition) is 3. The lowest BCUT2D eigenvalue weighted by molar-refractivity contribution is -0.131. The highest BCUT2D eigenvalue weighted by molar-refractivity contribution is 8.00. The van der Waals surface area contributed by atoms with E-state index >= 15 is 0 Å². The SMILES string of the molecule is CC1SCCN(c2cc(Cl)ccc2/C=C/C(=O)O)C1C. The van der Waals surface area contributed by atoms with E-state index in [0.717, 1.165) is 23.5 Å². The van der Waals surface area contributed by atoms with Gasteiger partial charge in [0, 0.05) is 40.4 Å². The Morgan fingerprint density at radius 1 is 1.50 bits per heavy atom. The highest BCUT2D eigenvalue weighted by Gasteiger charge is 2.26. The van der Waals surface area contributed by atoms with Crippen LogP contribution in [0.5, 0.6) is 0 Å². The Morgan fingerprint density at radius 2 is 2.25 bits per heavy atom. The third-order valence-corrected chi connectivity index (χ3v) is 5.16. The number of rotatable bonds is 3. The molecule has 2 rings (SSSR count). The number of carboxylic acid groups (broad SMARTS) is 1. The average Bonchev–Trinajstić information content (AvgIpc) is 2.40. The maximum absolute atomic E-state index is 10.7. The molecule has 1 heterocycles. The Morgan fingerprint density at radius 3 is 2.95 bits per heavy atom. The van der Waals surface area contributed by atoms with Crippen molar-refractivity contribution in [2.45, 2.75) is 25.1 Å². The van der Waals surface area contributed by atoms with Crippen molar-refractivity contribution in [1.29, 1.82) is 0 Å². The molecule has 2 unspecified atom stereocenters. The van der Waals surface area contributed by atoms with Gasteiger partial charge in [-0.25, -0.2) is 4.79 Å². The first-order valence-electron chi connectivity index (χ1n) is 6.58. The molecule has 0 bridgehead atoms. The molecule has 0 radical (unpaired) electrons. The molecule has 5 heteroatoms. The minimum Gasteiger partial charge on any atom is -0.478 e. The lowest BCUT2D eigenvalue weighted by Gasteiger charge is -2.40. The summed E-state index contributed by atoms with van der Waals surface area (Å²) in [6.07, 6.45) is 2.80. The largest absolute Gasteiger partial charge is 0.478 e. The van der Waals surface area contributed by atoms with E-state index < -0.39 is 5.97 Å². The predicted octanol–water partition coefficient (Wildman–Crippen LogP) is 3.77. The lowest BCUT2D eigenvalue weighted by atomic mass is 10.1. The number of anilines is 1. The van der Waals surface area contributed by atoms with Gasteiger partial charge in [-0.2, -0.15) is 11.8 Å². The first-order chi connectivity index (χ1) is 9.49. The minimum absolute atomic E-state index is 0.393. The second kappa shape index (κ2) is 6.55. The van der Waals surface area contributed by atoms with Crippen LogP contribution in [0.4, 0.5) is 5.69 Å². The Bertz CT molecular complexity index is 533. The van der Waals surface area contributed by atoms with Crippen molar-refractivity contribution < 1.29 is 9.90 Å². The Labute approximate surface area is 128 Å². The van der Waals surface area contributed by atoms with E-state index in [1.165, 1.54) is 6.08 Å². The van der Waals surface area contributed by atoms with Crippen molar-refractivity contribution in [2.24, 2.45) is 0 Å². The van der Waals surface area contributed by atoms with Gasteiger partial charge < -0.3 is 10.0 Å². The Kier molecular flexibility index (Phi) is 5.00. The van der Waals surface area contributed by atoms with Crippen LogP contribution in [-0.2, 0) is 4.79 Å². The third kappa shape index (κ3) is 3.49. The maximum atomic E-state index is 10.7. The maximum Gasteiger partial charge on any atom is 0.328 e. The van der Waals surface area contributed by atoms with Crippen molar-refractivity contribution in [1.82, 2.24) is 0 Å². The molecule has 20 heavy (non-hydrogen) atoms. The Balaban J connectivity index is 2.38. The summed E-state index contributed by atoms with van der Waals surface area (Å²) in [4.78, 5) is 13.0. The summed E-state index contributed by atoms with van der Waals surface area (Å²) in [7, 11) is 0. The first-order valence-corrected chi connectivity index (χ1v) is 8.00. The Hall–Kier alpha value is -1.13. The fraction of sp³-hybridized carbons (Fsp3) is 0.400. The van der Waals surface area contributed by atoms with Crippen molar-refractivity contribution in [3.8, 4) is 0 Å². The zero-order chi connectivity index (χ0) is 14.7. The van der Waals surface area contributed by atoms with Gasteiger partial charge in [-0.3, -0.25) is 0 Å². The first kappa shape index (κ1) is 15.3. The zero-order valence-corrected chi connectivity index (χ0v) is 13.1. The summed E-state index contributed by atoms with van der Waals surface area (Å²) < 4.78 is 0. The van der Waals surface area contributed by atoms with Crippen molar-refractivity contribution in [3.05, 3.63) is 34.9 Å². The van der Waals surface area contributed by atoms with Gasteiger partial charge in [0.15, 0.2) is 0 Å². The number of carbonyl (C=O) groups is 1. The van der Waals surface area contributed by atoms with Gasteiger partial charge in [-0.1, -0.05) is 24.6 Å². The van der Waals surface area contributed by atoms with E-state index in [9.17, 15) is 4.79 Å². The number of aliphatic carboxylic acids is 1. The van der Waals surface area contributed by atoms with Crippen LogP contribution in [0.15, 0.2) is 24.3 Å². The number of thioether (sulfide) groups is 1. The summed E-state index contributed by atoms with van der Waals surface area (Å²) in [6, 6.07) is 5.97. The van der Waals surface area contributed by atoms with Gasteiger partial charge in [0.05, 0.1) is 0 Å². The molecule has 108 valence electrons. The summed E-state index contributed by atoms with van der Waals surface area (Å²) in [6.45, 7) is 5.37. The molecule has 1 saturated heterocycles. The molecule has 0 aromatic heterocycles. The number of halogens is 1. The molecular formula is C15H18ClNO2S. The predicted molar refractivity (Wildman–Crippen MR) is 86.8 cm³/mol. The summed E-state index contributed by atoms with van der Waals surface area (Å²) in [5, 5.41) is 10.0. The van der Waals surface area contributed by atoms with Gasteiger partial charge in [0.2, 0.25) is 0 Å². The molecule has 1 N–H and O–H groups in total. The summed E-state index contributed by atoms with van der Waals surface area (Å²) in [5.41, 5.74) is 1.90. The fourth-order valence-electron chi connectivity index (χ4n) is 2.34. The molecule has 0 aliphatic carbocycles. The molecular weight excluding hydrogens is 294 g/mol. The molecule has 0 spiro atoms. The van der Waals surface area contributed by atoms with E-state index in [0.29, 0.717) is 16.3 Å². The fourth-order valence-corrected chi connectivity index (χ4v) is 3.61. The molecule has 0 amide bonds. The standard InChI is InChI=1S/C15H18ClNO2S/c1-10-11(2)20-8-7-17(10)14-9-13(16)5-3-12(14)4-6-15(18)19/h3-6,9-11H,7-8H2,1-2H3,(H,18,19)/b6-4+. The van der Waals surface area contributed by atoms with Gasteiger partial charge >= 0.3 is 5.97 Å². The molecule has 1 aliphatic heterocycles. The second-order valence-corrected chi connectivity index (χ2v) is 6.81. The summed E-state index contributed by atoms with van der Waals surface area (Å²) in [5.74, 6) is 0.127. The molecule has 2 atom stereocenters. The number of carboxylic acids is 1. The minimum atomic E-state index is -0.943. The number of benzene rings is 1. The molecule has 3 nitrogen and oxygen atoms in total. The van der Waals surface area contributed by atoms with Gasteiger partial charge in [0.1, 0.15) is 0 Å². The summed E-state index contributed by atoms with van der Waals surface area (Å²) >= 11 is 8.08. The van der Waals surface area contributed by atoms with Crippen molar-refractivity contribution in [3.63, 3.8) is 0 Å². The highest BCUT2D eigenvalue weighted by Crippen LogP contribution is 2.33. The van der Waals surface area contributed by atoms with E-state index in [1.807, 2.05) is 23.9 Å². The zero-order valence-electron chi connectivity index (χ0n) is 11.5. The van der Waals surface area contributed by atoms with Crippen LogP contribution in [0, 0.1) is 0 Å². The van der Waals surface area contributed by atoms with Crippen LogP contribution in [-0.4, -0.2) is 34.7 Å². The van der Waals surface area contributed by atoms with Gasteiger partial charge in [0.25, 0.3) is 0 Å². The highest BCUT2D eigenvalue weighted by atomic mass is 35.5. The van der Waals surface area contributed by atoms with Crippen LogP contribution in [0.25, 0.3) is 6.08 Å². The number of nitrogens with zero attached hydrogens (tertiary/aromatic N) is 1. The quantitative estimate of drug-likeness (QED) is 0.863. The average molecular weight is 312 g/mol. The topological polar surface area (TPSA) is 40.5 Å². The normalized spacial score (nSPS) is 23.2. The molecule has 1 aromatic carbocycles. The third-order valence-electron chi connectivity index (χ3n) is 3.59. The van der Waals surface area contributed by atoms with Crippen molar-refractivity contribution >= 4 is 41.1 Å². The van der Waals surface area contributed by atoms with Crippen LogP contribution in [0.1, 0.15) is 19.4 Å². The molecule has 1 aliphatic rings. The van der Waals surface area contributed by atoms with E-state index in [2.05, 4.69) is 18.7 Å². The smallest absolute Gasteiger partial charge is 0.328 e. The van der Waals surface area contributed by atoms with Crippen LogP contribution in [0.2, 0.25) is 5.02 Å². The van der Waals surface area contributed by atoms with Crippen LogP contribution >= 0.6 is 23.4 Å². The number of hydrogen-bond donors (Lipinski definition) is 1. The van der Waals surface area contributed by atoms with Crippen molar-refractivity contribution in [2.75, 3.05) is 17.2 Å². The van der Waals surface area contributed by atoms with Gasteiger partial charge in [-0.15, -0.1) is 0 Å². The lowest BCUT2D eigenvalue weighted by Crippen LogP contribution is -2.45. The molecule has 1 aromatic rings. The molecule has 0 saturated carbocycles. The van der Waals surface area contributed by atoms with E-state index in [-0.39, 0.29) is 0 Å². The van der Waals surface area contributed by atoms with E-state index in [4.69, 9.17) is 16.7 Å². The van der Waals surface area contributed by atoms with Crippen LogP contribution < -0.4 is 4.90 Å². The van der Waals surface area contributed by atoms with E-state index in [1.54, 1.807) is 12.1 Å².